The summed E-state index contributed by atoms with van der Waals surface area (Å²) in [4.78, 5) is 34.0. The lowest BCUT2D eigenvalue weighted by atomic mass is 9.96. The van der Waals surface area contributed by atoms with Crippen LogP contribution in [0.3, 0.4) is 0 Å². The van der Waals surface area contributed by atoms with Crippen molar-refractivity contribution >= 4 is 33.2 Å². The fraction of sp³-hybridized carbons (Fsp3) is 0.297. The minimum Gasteiger partial charge on any atom is -0.490 e. The maximum atomic E-state index is 16.1. The van der Waals surface area contributed by atoms with E-state index in [2.05, 4.69) is 6.58 Å². The van der Waals surface area contributed by atoms with Gasteiger partial charge in [0, 0.05) is 59.1 Å². The number of nitrogens with zero attached hydrogens (tertiary/aromatic N) is 5. The van der Waals surface area contributed by atoms with Crippen LogP contribution in [0.1, 0.15) is 35.4 Å². The Balaban J connectivity index is 1.41. The molecule has 2 aliphatic rings. The number of rotatable bonds is 9. The molecule has 9 nitrogen and oxygen atoms in total. The highest BCUT2D eigenvalue weighted by molar-refractivity contribution is 7.18. The first kappa shape index (κ1) is 33.5. The molecule has 0 bridgehead atoms. The summed E-state index contributed by atoms with van der Waals surface area (Å²) in [5.74, 6) is -2.07. The second-order valence-electron chi connectivity index (χ2n) is 12.3. The van der Waals surface area contributed by atoms with Crippen LogP contribution in [0.15, 0.2) is 66.6 Å². The van der Waals surface area contributed by atoms with Crippen LogP contribution in [0.2, 0.25) is 0 Å². The Labute approximate surface area is 290 Å². The van der Waals surface area contributed by atoms with Gasteiger partial charge in [-0.05, 0) is 49.1 Å². The van der Waals surface area contributed by atoms with Gasteiger partial charge in [-0.3, -0.25) is 14.3 Å². The normalized spacial score (nSPS) is 17.3. The molecule has 0 aliphatic carbocycles. The van der Waals surface area contributed by atoms with Crippen molar-refractivity contribution in [1.29, 1.82) is 0 Å². The van der Waals surface area contributed by atoms with Crippen molar-refractivity contribution in [3.05, 3.63) is 89.5 Å². The number of pyridine rings is 1. The van der Waals surface area contributed by atoms with Crippen molar-refractivity contribution in [3.63, 3.8) is 0 Å². The molecule has 2 amide bonds. The van der Waals surface area contributed by atoms with Crippen LogP contribution in [0, 0.1) is 11.6 Å². The number of alkyl halides is 1. The topological polar surface area (TPSA) is 89.8 Å². The van der Waals surface area contributed by atoms with E-state index >= 15 is 4.39 Å². The number of hydrogen-bond acceptors (Lipinski definition) is 7. The van der Waals surface area contributed by atoms with E-state index in [0.717, 1.165) is 17.8 Å². The summed E-state index contributed by atoms with van der Waals surface area (Å²) in [6.45, 7) is 7.09. The van der Waals surface area contributed by atoms with Crippen molar-refractivity contribution in [2.75, 3.05) is 40.0 Å². The number of hydrogen-bond donors (Lipinski definition) is 0. The average molecular weight is 702 g/mol. The molecule has 0 saturated carbocycles. The second-order valence-corrected chi connectivity index (χ2v) is 13.2. The zero-order valence-corrected chi connectivity index (χ0v) is 28.3. The maximum Gasteiger partial charge on any atom is 0.253 e. The predicted octanol–water partition coefficient (Wildman–Crippen LogP) is 7.07. The van der Waals surface area contributed by atoms with E-state index in [1.165, 1.54) is 29.4 Å². The lowest BCUT2D eigenvalue weighted by molar-refractivity contribution is -0.129. The van der Waals surface area contributed by atoms with Gasteiger partial charge in [-0.1, -0.05) is 18.7 Å². The molecule has 0 spiro atoms. The van der Waals surface area contributed by atoms with Crippen molar-refractivity contribution in [2.45, 2.75) is 32.1 Å². The number of aromatic nitrogens is 3. The van der Waals surface area contributed by atoms with Gasteiger partial charge in [0.15, 0.2) is 0 Å². The number of fused-ring (bicyclic) bond motifs is 2. The van der Waals surface area contributed by atoms with Gasteiger partial charge in [0.2, 0.25) is 5.91 Å². The Hall–Kier alpha value is -5.01. The highest BCUT2D eigenvalue weighted by Crippen LogP contribution is 2.47. The van der Waals surface area contributed by atoms with Crippen molar-refractivity contribution < 1.29 is 32.2 Å². The summed E-state index contributed by atoms with van der Waals surface area (Å²) < 4.78 is 58.1. The largest absolute Gasteiger partial charge is 0.490 e. The average Bonchev–Trinajstić information content (AvgIpc) is 3.88. The summed E-state index contributed by atoms with van der Waals surface area (Å²) in [7, 11) is 1.51. The number of likely N-dealkylation sites (tertiary alicyclic amines) is 1. The molecule has 2 unspecified atom stereocenters. The second kappa shape index (κ2) is 13.7. The Morgan fingerprint density at radius 1 is 1.04 bits per heavy atom. The zero-order valence-electron chi connectivity index (χ0n) is 27.5. The minimum absolute atomic E-state index is 0.00885. The fourth-order valence-corrected chi connectivity index (χ4v) is 7.64. The monoisotopic (exact) mass is 701 g/mol. The van der Waals surface area contributed by atoms with Gasteiger partial charge >= 0.3 is 0 Å². The van der Waals surface area contributed by atoms with Gasteiger partial charge in [-0.25, -0.2) is 18.2 Å². The van der Waals surface area contributed by atoms with Crippen LogP contribution in [0.25, 0.3) is 43.9 Å². The summed E-state index contributed by atoms with van der Waals surface area (Å²) in [5, 5.41) is 7.48. The molecule has 258 valence electrons. The number of amides is 2. The Kier molecular flexibility index (Phi) is 9.19. The third kappa shape index (κ3) is 6.04. The number of carbonyl (C=O) groups excluding carboxylic acids is 2. The van der Waals surface area contributed by atoms with Crippen LogP contribution in [0.4, 0.5) is 13.2 Å². The summed E-state index contributed by atoms with van der Waals surface area (Å²) in [6, 6.07) is 12.3. The minimum atomic E-state index is -1.02. The van der Waals surface area contributed by atoms with E-state index in [1.807, 2.05) is 29.1 Å². The van der Waals surface area contributed by atoms with Gasteiger partial charge in [0.1, 0.15) is 41.6 Å². The number of benzene rings is 2. The summed E-state index contributed by atoms with van der Waals surface area (Å²) >= 11 is 1.37. The van der Waals surface area contributed by atoms with Crippen LogP contribution in [0.5, 0.6) is 5.75 Å². The molecule has 2 atom stereocenters. The van der Waals surface area contributed by atoms with Gasteiger partial charge in [0.25, 0.3) is 5.91 Å². The highest BCUT2D eigenvalue weighted by atomic mass is 32.1. The van der Waals surface area contributed by atoms with E-state index in [-0.39, 0.29) is 48.9 Å². The van der Waals surface area contributed by atoms with Crippen LogP contribution >= 0.6 is 11.3 Å². The molecule has 2 aromatic carbocycles. The van der Waals surface area contributed by atoms with Crippen molar-refractivity contribution in [2.24, 2.45) is 0 Å². The smallest absolute Gasteiger partial charge is 0.253 e. The predicted molar refractivity (Wildman–Crippen MR) is 185 cm³/mol. The third-order valence-corrected chi connectivity index (χ3v) is 10.1. The Bertz CT molecular complexity index is 2110. The van der Waals surface area contributed by atoms with Gasteiger partial charge < -0.3 is 19.3 Å². The van der Waals surface area contributed by atoms with Gasteiger partial charge in [-0.2, -0.15) is 5.10 Å². The SMILES string of the molecule is C=CC(=O)N1CCn2nc(-c3nc(-c4ccc(C(=O)N5CCC(F)C5)cc4)c4ccsc4c3-c3c(F)cc(F)cc3OCCOC)cc2C1C. The number of halogens is 3. The van der Waals surface area contributed by atoms with Crippen LogP contribution < -0.4 is 4.74 Å². The van der Waals surface area contributed by atoms with Crippen LogP contribution in [-0.2, 0) is 16.1 Å². The fourth-order valence-electron chi connectivity index (χ4n) is 6.70. The lowest BCUT2D eigenvalue weighted by Gasteiger charge is -2.33. The molecule has 0 radical (unpaired) electrons. The molecule has 3 aromatic heterocycles. The Morgan fingerprint density at radius 2 is 1.84 bits per heavy atom. The van der Waals surface area contributed by atoms with Crippen LogP contribution in [-0.4, -0.2) is 82.5 Å². The molecule has 5 heterocycles. The number of methoxy groups -OCH3 is 1. The summed E-state index contributed by atoms with van der Waals surface area (Å²) in [5.41, 5.74) is 3.63. The molecule has 7 rings (SSSR count). The zero-order chi connectivity index (χ0) is 35.1. The first-order valence-electron chi connectivity index (χ1n) is 16.3. The van der Waals surface area contributed by atoms with Gasteiger partial charge in [0.05, 0.1) is 42.7 Å². The Morgan fingerprint density at radius 3 is 2.56 bits per heavy atom. The molecule has 50 heavy (non-hydrogen) atoms. The summed E-state index contributed by atoms with van der Waals surface area (Å²) in [6.07, 6.45) is 0.584. The molecular formula is C37H34F3N5O4S. The molecular weight excluding hydrogens is 667 g/mol. The molecule has 0 N–H and O–H groups in total. The van der Waals surface area contributed by atoms with E-state index in [4.69, 9.17) is 19.6 Å². The first-order valence-corrected chi connectivity index (χ1v) is 17.1. The molecule has 2 aliphatic heterocycles. The highest BCUT2D eigenvalue weighted by Gasteiger charge is 2.32. The number of thiophene rings is 1. The molecule has 1 saturated heterocycles. The quantitative estimate of drug-likeness (QED) is 0.121. The standard InChI is InChI=1S/C37H34F3N5O4S/c1-4-31(46)44-12-13-45-29(21(44)2)19-28(42-45)35-33(32-27(40)17-25(39)18-30(32)49-15-14-48-3)36-26(10-16-50-36)34(41-35)22-5-7-23(8-6-22)37(47)43-11-9-24(38)20-43/h4-8,10,16-19,21,24H,1,9,11-15,20H2,2-3H3. The first-order chi connectivity index (χ1) is 24.2. The maximum absolute atomic E-state index is 16.1. The number of carbonyl (C=O) groups is 2. The van der Waals surface area contributed by atoms with E-state index in [1.54, 1.807) is 29.2 Å². The third-order valence-electron chi connectivity index (χ3n) is 9.20. The van der Waals surface area contributed by atoms with Crippen molar-refractivity contribution in [3.8, 4) is 39.5 Å². The molecule has 13 heteroatoms. The number of ether oxygens (including phenoxy) is 2. The van der Waals surface area contributed by atoms with E-state index in [0.29, 0.717) is 69.9 Å². The van der Waals surface area contributed by atoms with E-state index < -0.39 is 17.8 Å². The van der Waals surface area contributed by atoms with Crippen molar-refractivity contribution in [1.82, 2.24) is 24.6 Å². The molecule has 5 aromatic rings. The van der Waals surface area contributed by atoms with E-state index in [9.17, 15) is 18.4 Å². The van der Waals surface area contributed by atoms with Gasteiger partial charge in [-0.15, -0.1) is 11.3 Å². The molecule has 1 fully saturated rings. The lowest BCUT2D eigenvalue weighted by Crippen LogP contribution is -2.40.